The molecule has 0 atom stereocenters. The Labute approximate surface area is 125 Å². The lowest BCUT2D eigenvalue weighted by molar-refractivity contribution is 0.296. The number of hydrogen-bond donors (Lipinski definition) is 2. The Morgan fingerprint density at radius 3 is 2.19 bits per heavy atom. The highest BCUT2D eigenvalue weighted by molar-refractivity contribution is 7.87. The highest BCUT2D eigenvalue weighted by atomic mass is 32.2. The lowest BCUT2D eigenvalue weighted by Crippen LogP contribution is -2.29. The average molecular weight is 311 g/mol. The minimum Gasteiger partial charge on any atom is -0.493 e. The first-order valence-corrected chi connectivity index (χ1v) is 8.39. The van der Waals surface area contributed by atoms with Gasteiger partial charge in [0.05, 0.1) is 12.7 Å². The van der Waals surface area contributed by atoms with Crippen molar-refractivity contribution in [2.75, 3.05) is 13.1 Å². The molecule has 116 valence electrons. The van der Waals surface area contributed by atoms with Crippen LogP contribution in [0.1, 0.15) is 25.0 Å². The van der Waals surface area contributed by atoms with Gasteiger partial charge in [0.1, 0.15) is 0 Å². The zero-order chi connectivity index (χ0) is 15.5. The monoisotopic (exact) mass is 311 g/mol. The van der Waals surface area contributed by atoms with Crippen molar-refractivity contribution in [3.05, 3.63) is 47.5 Å². The van der Waals surface area contributed by atoms with Gasteiger partial charge in [-0.25, -0.2) is 4.72 Å². The van der Waals surface area contributed by atoms with Crippen LogP contribution in [-0.4, -0.2) is 35.8 Å². The molecule has 1 aliphatic rings. The molecule has 2 rings (SSSR count). The van der Waals surface area contributed by atoms with E-state index in [-0.39, 0.29) is 12.4 Å². The van der Waals surface area contributed by atoms with E-state index in [9.17, 15) is 13.5 Å². The number of hydrogen-bond acceptors (Lipinski definition) is 4. The molecule has 0 saturated carbocycles. The average Bonchev–Trinajstić information content (AvgIpc) is 2.70. The summed E-state index contributed by atoms with van der Waals surface area (Å²) in [5, 5.41) is 9.23. The van der Waals surface area contributed by atoms with Crippen LogP contribution in [0.2, 0.25) is 0 Å². The summed E-state index contributed by atoms with van der Waals surface area (Å²) in [5.41, 5.74) is 2.07. The molecular formula is C14H21N3O3S. The molecule has 1 aliphatic heterocycles. The van der Waals surface area contributed by atoms with Gasteiger partial charge in [-0.3, -0.25) is 9.21 Å². The quantitative estimate of drug-likeness (QED) is 0.836. The molecule has 0 radical (unpaired) electrons. The highest BCUT2D eigenvalue weighted by Crippen LogP contribution is 2.16. The maximum Gasteiger partial charge on any atom is 0.326 e. The van der Waals surface area contributed by atoms with Gasteiger partial charge in [0.25, 0.3) is 0 Å². The lowest BCUT2D eigenvalue weighted by atomic mass is 10.1. The lowest BCUT2D eigenvalue weighted by Gasteiger charge is -2.18. The van der Waals surface area contributed by atoms with Crippen LogP contribution in [0.3, 0.4) is 0 Å². The van der Waals surface area contributed by atoms with Crippen molar-refractivity contribution in [1.29, 1.82) is 0 Å². The Kier molecular flexibility index (Phi) is 4.74. The van der Waals surface area contributed by atoms with E-state index in [1.165, 1.54) is 11.8 Å². The summed E-state index contributed by atoms with van der Waals surface area (Å²) in [4.78, 5) is 2.31. The summed E-state index contributed by atoms with van der Waals surface area (Å²) in [6.07, 6.45) is 1.18. The summed E-state index contributed by atoms with van der Waals surface area (Å²) >= 11 is 0. The maximum atomic E-state index is 11.7. The number of benzene rings is 1. The molecular weight excluding hydrogens is 290 g/mol. The molecule has 1 aromatic carbocycles. The van der Waals surface area contributed by atoms with E-state index in [0.29, 0.717) is 0 Å². The molecule has 7 heteroatoms. The third kappa shape index (κ3) is 3.89. The largest absolute Gasteiger partial charge is 0.493 e. The fourth-order valence-electron chi connectivity index (χ4n) is 2.19. The predicted octanol–water partition coefficient (Wildman–Crippen LogP) is 1.54. The van der Waals surface area contributed by atoms with Crippen molar-refractivity contribution in [2.24, 2.45) is 0 Å². The topological polar surface area (TPSA) is 72.9 Å². The van der Waals surface area contributed by atoms with Crippen LogP contribution < -0.4 is 4.72 Å². The van der Waals surface area contributed by atoms with Gasteiger partial charge in [0.15, 0.2) is 0 Å². The van der Waals surface area contributed by atoms with E-state index in [0.717, 1.165) is 29.5 Å². The molecule has 0 spiro atoms. The minimum atomic E-state index is -3.64. The van der Waals surface area contributed by atoms with Crippen LogP contribution in [0.15, 0.2) is 36.3 Å². The molecule has 21 heavy (non-hydrogen) atoms. The van der Waals surface area contributed by atoms with Gasteiger partial charge < -0.3 is 5.11 Å². The second kappa shape index (κ2) is 6.36. The van der Waals surface area contributed by atoms with Gasteiger partial charge in [-0.1, -0.05) is 38.1 Å². The molecule has 1 heterocycles. The fourth-order valence-corrected chi connectivity index (χ4v) is 3.18. The van der Waals surface area contributed by atoms with E-state index in [1.807, 2.05) is 29.0 Å². The predicted molar refractivity (Wildman–Crippen MR) is 81.4 cm³/mol. The molecule has 0 unspecified atom stereocenters. The van der Waals surface area contributed by atoms with E-state index >= 15 is 0 Å². The van der Waals surface area contributed by atoms with Crippen LogP contribution in [0, 0.1) is 0 Å². The van der Waals surface area contributed by atoms with Crippen molar-refractivity contribution >= 4 is 10.2 Å². The zero-order valence-electron chi connectivity index (χ0n) is 12.3. The fraction of sp³-hybridized carbons (Fsp3) is 0.429. The zero-order valence-corrected chi connectivity index (χ0v) is 13.1. The van der Waals surface area contributed by atoms with Gasteiger partial charge in [-0.2, -0.15) is 8.42 Å². The second-order valence-corrected chi connectivity index (χ2v) is 6.57. The van der Waals surface area contributed by atoms with Crippen LogP contribution >= 0.6 is 0 Å². The van der Waals surface area contributed by atoms with Crippen molar-refractivity contribution < 1.29 is 13.5 Å². The highest BCUT2D eigenvalue weighted by Gasteiger charge is 2.26. The van der Waals surface area contributed by atoms with Crippen molar-refractivity contribution in [1.82, 2.24) is 13.9 Å². The number of nitrogens with zero attached hydrogens (tertiary/aromatic N) is 2. The summed E-state index contributed by atoms with van der Waals surface area (Å²) in [7, 11) is -3.64. The van der Waals surface area contributed by atoms with E-state index in [2.05, 4.69) is 18.7 Å². The van der Waals surface area contributed by atoms with E-state index < -0.39 is 10.2 Å². The van der Waals surface area contributed by atoms with Gasteiger partial charge in [-0.15, -0.1) is 0 Å². The van der Waals surface area contributed by atoms with E-state index in [4.69, 9.17) is 0 Å². The number of aliphatic hydroxyl groups excluding tert-OH is 1. The Morgan fingerprint density at radius 1 is 1.14 bits per heavy atom. The molecule has 2 N–H and O–H groups in total. The summed E-state index contributed by atoms with van der Waals surface area (Å²) < 4.78 is 26.4. The van der Waals surface area contributed by atoms with Crippen molar-refractivity contribution in [3.63, 3.8) is 0 Å². The third-order valence-electron chi connectivity index (χ3n) is 3.47. The summed E-state index contributed by atoms with van der Waals surface area (Å²) in [6, 6.07) is 7.84. The normalized spacial score (nSPS) is 16.9. The van der Waals surface area contributed by atoms with Crippen molar-refractivity contribution in [3.8, 4) is 0 Å². The molecule has 6 nitrogen and oxygen atoms in total. The molecule has 0 bridgehead atoms. The Bertz CT molecular complexity index is 607. The Hall–Kier alpha value is -1.73. The molecule has 1 aromatic rings. The molecule has 0 saturated heterocycles. The Morgan fingerprint density at radius 2 is 1.71 bits per heavy atom. The standard InChI is InChI=1S/C14H21N3O3S/c1-3-16(4-2)9-12-5-7-13(8-6-12)10-17-11-14(18)15-21(17,19)20/h5-8,11,15,18H,3-4,9-10H2,1-2H3. The molecule has 0 aliphatic carbocycles. The Balaban J connectivity index is 2.03. The second-order valence-electron chi connectivity index (χ2n) is 4.94. The van der Waals surface area contributed by atoms with Gasteiger partial charge in [0.2, 0.25) is 5.88 Å². The minimum absolute atomic E-state index is 0.199. The number of nitrogens with one attached hydrogen (secondary N) is 1. The first kappa shape index (κ1) is 15.7. The molecule has 0 fully saturated rings. The smallest absolute Gasteiger partial charge is 0.326 e. The van der Waals surface area contributed by atoms with Crippen LogP contribution in [0.5, 0.6) is 0 Å². The van der Waals surface area contributed by atoms with Crippen LogP contribution in [0.25, 0.3) is 0 Å². The van der Waals surface area contributed by atoms with Crippen LogP contribution in [-0.2, 0) is 23.3 Å². The number of aliphatic hydroxyl groups is 1. The SMILES string of the molecule is CCN(CC)Cc1ccc(CN2C=C(O)NS2(=O)=O)cc1. The maximum absolute atomic E-state index is 11.7. The third-order valence-corrected chi connectivity index (χ3v) is 4.79. The number of rotatable bonds is 6. The molecule has 0 aromatic heterocycles. The summed E-state index contributed by atoms with van der Waals surface area (Å²) in [5.74, 6) is -0.354. The van der Waals surface area contributed by atoms with Gasteiger partial charge >= 0.3 is 10.2 Å². The van der Waals surface area contributed by atoms with Gasteiger partial charge in [-0.05, 0) is 24.2 Å². The first-order valence-electron chi connectivity index (χ1n) is 6.95. The summed E-state index contributed by atoms with van der Waals surface area (Å²) in [6.45, 7) is 7.34. The van der Waals surface area contributed by atoms with Gasteiger partial charge in [0, 0.05) is 6.54 Å². The first-order chi connectivity index (χ1) is 9.94. The molecule has 0 amide bonds. The van der Waals surface area contributed by atoms with Crippen LogP contribution in [0.4, 0.5) is 0 Å². The van der Waals surface area contributed by atoms with Crippen molar-refractivity contribution in [2.45, 2.75) is 26.9 Å². The van der Waals surface area contributed by atoms with E-state index in [1.54, 1.807) is 0 Å².